The average Bonchev–Trinajstić information content (AvgIpc) is 2.43. The number of carbonyl (C=O) groups is 3. The summed E-state index contributed by atoms with van der Waals surface area (Å²) in [7, 11) is 0. The van der Waals surface area contributed by atoms with Crippen LogP contribution in [0.1, 0.15) is 27.6 Å². The van der Waals surface area contributed by atoms with Crippen LogP contribution in [0.3, 0.4) is 0 Å². The Bertz CT molecular complexity index is 674. The van der Waals surface area contributed by atoms with Gasteiger partial charge in [-0.25, -0.2) is 0 Å². The molecule has 1 aromatic rings. The fourth-order valence-electron chi connectivity index (χ4n) is 2.03. The normalized spacial score (nSPS) is 15.0. The van der Waals surface area contributed by atoms with Gasteiger partial charge in [-0.1, -0.05) is 24.3 Å². The molecule has 0 spiro atoms. The molecule has 4 nitrogen and oxygen atoms in total. The highest BCUT2D eigenvalue weighted by Crippen LogP contribution is 2.25. The van der Waals surface area contributed by atoms with Crippen LogP contribution in [-0.2, 0) is 4.79 Å². The summed E-state index contributed by atoms with van der Waals surface area (Å²) < 4.78 is 36.4. The highest BCUT2D eigenvalue weighted by atomic mass is 19.4. The molecule has 0 unspecified atom stereocenters. The van der Waals surface area contributed by atoms with Crippen LogP contribution in [0.15, 0.2) is 35.4 Å². The summed E-state index contributed by atoms with van der Waals surface area (Å²) >= 11 is 0. The van der Waals surface area contributed by atoms with Gasteiger partial charge in [0.25, 0.3) is 0 Å². The number of hydrogen-bond donors (Lipinski definition) is 1. The summed E-state index contributed by atoms with van der Waals surface area (Å²) in [5.41, 5.74) is 0.257. The summed E-state index contributed by atoms with van der Waals surface area (Å²) in [6.45, 7) is 0.717. The molecule has 1 amide bonds. The number of amides is 1. The van der Waals surface area contributed by atoms with Crippen molar-refractivity contribution in [2.24, 2.45) is 0 Å². The van der Waals surface area contributed by atoms with Crippen molar-refractivity contribution < 1.29 is 27.6 Å². The molecule has 0 fully saturated rings. The second-order valence-corrected chi connectivity index (χ2v) is 4.49. The van der Waals surface area contributed by atoms with Gasteiger partial charge in [0.1, 0.15) is 0 Å². The number of halogens is 3. The number of Topliss-reactive ketones (excluding diaryl/α,β-unsaturated/α-hetero) is 2. The van der Waals surface area contributed by atoms with Gasteiger partial charge in [-0.2, -0.15) is 13.2 Å². The van der Waals surface area contributed by atoms with Gasteiger partial charge >= 0.3 is 12.1 Å². The topological polar surface area (TPSA) is 63.2 Å². The zero-order valence-corrected chi connectivity index (χ0v) is 10.9. The lowest BCUT2D eigenvalue weighted by Crippen LogP contribution is -2.39. The molecule has 0 aromatic heterocycles. The third kappa shape index (κ3) is 2.72. The van der Waals surface area contributed by atoms with Crippen LogP contribution >= 0.6 is 0 Å². The predicted octanol–water partition coefficient (Wildman–Crippen LogP) is 2.06. The number of allylic oxidation sites excluding steroid dienone is 1. The van der Waals surface area contributed by atoms with Crippen molar-refractivity contribution in [2.45, 2.75) is 13.1 Å². The van der Waals surface area contributed by atoms with Crippen LogP contribution in [0, 0.1) is 0 Å². The van der Waals surface area contributed by atoms with Crippen LogP contribution in [0.5, 0.6) is 0 Å². The summed E-state index contributed by atoms with van der Waals surface area (Å²) in [5.74, 6) is -3.13. The number of benzene rings is 1. The maximum atomic E-state index is 12.2. The van der Waals surface area contributed by atoms with Crippen LogP contribution in [0.2, 0.25) is 0 Å². The second kappa shape index (κ2) is 5.16. The highest BCUT2D eigenvalue weighted by molar-refractivity contribution is 6.26. The molecule has 1 aliphatic carbocycles. The van der Waals surface area contributed by atoms with E-state index in [1.165, 1.54) is 19.1 Å². The monoisotopic (exact) mass is 297 g/mol. The molecular weight excluding hydrogens is 287 g/mol. The molecule has 21 heavy (non-hydrogen) atoms. The zero-order chi connectivity index (χ0) is 15.8. The third-order valence-electron chi connectivity index (χ3n) is 3.17. The summed E-state index contributed by atoms with van der Waals surface area (Å²) in [5, 5.41) is 1.61. The van der Waals surface area contributed by atoms with Crippen LogP contribution in [0.4, 0.5) is 13.2 Å². The van der Waals surface area contributed by atoms with Gasteiger partial charge in [0, 0.05) is 28.8 Å². The zero-order valence-electron chi connectivity index (χ0n) is 10.9. The Balaban J connectivity index is 2.29. The molecule has 0 radical (unpaired) electrons. The number of alkyl halides is 3. The lowest BCUT2D eigenvalue weighted by atomic mass is 9.84. The van der Waals surface area contributed by atoms with Gasteiger partial charge in [0.2, 0.25) is 0 Å². The molecule has 1 aliphatic rings. The lowest BCUT2D eigenvalue weighted by Gasteiger charge is -2.19. The van der Waals surface area contributed by atoms with Crippen molar-refractivity contribution in [3.63, 3.8) is 0 Å². The molecule has 1 N–H and O–H groups in total. The minimum absolute atomic E-state index is 0.0428. The largest absolute Gasteiger partial charge is 0.471 e. The molecule has 1 aromatic carbocycles. The third-order valence-corrected chi connectivity index (χ3v) is 3.17. The van der Waals surface area contributed by atoms with Crippen LogP contribution in [-0.4, -0.2) is 30.2 Å². The first-order valence-corrected chi connectivity index (χ1v) is 5.96. The first-order valence-electron chi connectivity index (χ1n) is 5.96. The highest BCUT2D eigenvalue weighted by Gasteiger charge is 2.39. The minimum Gasteiger partial charge on any atom is -0.344 e. The van der Waals surface area contributed by atoms with E-state index in [9.17, 15) is 27.6 Å². The Morgan fingerprint density at radius 3 is 2.14 bits per heavy atom. The molecule has 0 bridgehead atoms. The molecule has 0 aliphatic heterocycles. The fourth-order valence-corrected chi connectivity index (χ4v) is 2.03. The fraction of sp³-hybridized carbons (Fsp3) is 0.214. The number of ketones is 2. The molecule has 0 saturated carbocycles. The predicted molar refractivity (Wildman–Crippen MR) is 66.9 cm³/mol. The molecule has 0 saturated heterocycles. The quantitative estimate of drug-likeness (QED) is 0.909. The summed E-state index contributed by atoms with van der Waals surface area (Å²) in [6, 6.07) is 6.04. The maximum absolute atomic E-state index is 12.2. The number of rotatable bonds is 2. The Kier molecular flexibility index (Phi) is 3.67. The Morgan fingerprint density at radius 2 is 1.62 bits per heavy atom. The smallest absolute Gasteiger partial charge is 0.344 e. The van der Waals surface area contributed by atoms with E-state index in [0.717, 1.165) is 0 Å². The molecule has 7 heteroatoms. The number of nitrogens with one attached hydrogen (secondary N) is 1. The van der Waals surface area contributed by atoms with E-state index in [-0.39, 0.29) is 22.3 Å². The average molecular weight is 297 g/mol. The van der Waals surface area contributed by atoms with Gasteiger partial charge in [-0.05, 0) is 6.92 Å². The van der Waals surface area contributed by atoms with Gasteiger partial charge in [-0.3, -0.25) is 14.4 Å². The molecule has 0 atom stereocenters. The van der Waals surface area contributed by atoms with E-state index in [4.69, 9.17) is 0 Å². The Morgan fingerprint density at radius 1 is 1.10 bits per heavy atom. The Labute approximate surface area is 117 Å². The summed E-state index contributed by atoms with van der Waals surface area (Å²) in [6.07, 6.45) is -5.03. The lowest BCUT2D eigenvalue weighted by molar-refractivity contribution is -0.173. The molecule has 0 heterocycles. The molecule has 2 rings (SSSR count). The molecule has 110 valence electrons. The van der Waals surface area contributed by atoms with Gasteiger partial charge < -0.3 is 5.32 Å². The number of carbonyl (C=O) groups excluding carboxylic acids is 3. The van der Waals surface area contributed by atoms with Gasteiger partial charge in [0.05, 0.1) is 0 Å². The van der Waals surface area contributed by atoms with E-state index < -0.39 is 30.2 Å². The van der Waals surface area contributed by atoms with E-state index in [1.54, 1.807) is 17.4 Å². The van der Waals surface area contributed by atoms with E-state index >= 15 is 0 Å². The van der Waals surface area contributed by atoms with E-state index in [2.05, 4.69) is 0 Å². The Hall–Kier alpha value is -2.44. The van der Waals surface area contributed by atoms with Crippen molar-refractivity contribution in [2.75, 3.05) is 6.54 Å². The SMILES string of the molecule is CC1=C(CNC(=O)C(F)(F)F)C(=O)c2ccccc2C1=O. The van der Waals surface area contributed by atoms with E-state index in [1.807, 2.05) is 0 Å². The molecular formula is C14H10F3NO3. The van der Waals surface area contributed by atoms with Crippen molar-refractivity contribution in [1.29, 1.82) is 0 Å². The first-order chi connectivity index (χ1) is 9.73. The van der Waals surface area contributed by atoms with Gasteiger partial charge in [-0.15, -0.1) is 0 Å². The van der Waals surface area contributed by atoms with Crippen LogP contribution in [0.25, 0.3) is 0 Å². The number of fused-ring (bicyclic) bond motifs is 1. The summed E-state index contributed by atoms with van der Waals surface area (Å²) in [4.78, 5) is 35.1. The second-order valence-electron chi connectivity index (χ2n) is 4.49. The van der Waals surface area contributed by atoms with Crippen molar-refractivity contribution in [3.8, 4) is 0 Å². The van der Waals surface area contributed by atoms with Crippen molar-refractivity contribution in [3.05, 3.63) is 46.5 Å². The minimum atomic E-state index is -5.03. The number of hydrogen-bond acceptors (Lipinski definition) is 3. The maximum Gasteiger partial charge on any atom is 0.471 e. The van der Waals surface area contributed by atoms with Crippen LogP contribution < -0.4 is 5.32 Å². The van der Waals surface area contributed by atoms with Gasteiger partial charge in [0.15, 0.2) is 11.6 Å². The first kappa shape index (κ1) is 15.0. The van der Waals surface area contributed by atoms with Crippen molar-refractivity contribution >= 4 is 17.5 Å². The van der Waals surface area contributed by atoms with Crippen molar-refractivity contribution in [1.82, 2.24) is 5.32 Å². The van der Waals surface area contributed by atoms with E-state index in [0.29, 0.717) is 0 Å². The standard InChI is InChI=1S/C14H10F3NO3/c1-7-10(6-18-13(21)14(15,16)17)12(20)9-5-3-2-4-8(9)11(7)19/h2-5H,6H2,1H3,(H,18,21).